The quantitative estimate of drug-likeness (QED) is 0.450. The van der Waals surface area contributed by atoms with Gasteiger partial charge >= 0.3 is 11.9 Å². The Hall–Kier alpha value is -3.61. The topological polar surface area (TPSA) is 110 Å². The Morgan fingerprint density at radius 2 is 1.82 bits per heavy atom. The predicted molar refractivity (Wildman–Crippen MR) is 125 cm³/mol. The number of fused-ring (bicyclic) bond motifs is 2. The zero-order chi connectivity index (χ0) is 24.2. The summed E-state index contributed by atoms with van der Waals surface area (Å²) < 4.78 is 11.1. The normalized spacial score (nSPS) is 22.6. The summed E-state index contributed by atoms with van der Waals surface area (Å²) in [6, 6.07) is 8.02. The van der Waals surface area contributed by atoms with Gasteiger partial charge in [0, 0.05) is 24.3 Å². The molecule has 2 aliphatic heterocycles. The van der Waals surface area contributed by atoms with E-state index in [0.717, 1.165) is 0 Å². The van der Waals surface area contributed by atoms with Crippen LogP contribution in [0.15, 0.2) is 36.4 Å². The van der Waals surface area contributed by atoms with Crippen LogP contribution in [0.2, 0.25) is 0 Å². The number of hydrogen-bond acceptors (Lipinski definition) is 7. The molecule has 34 heavy (non-hydrogen) atoms. The van der Waals surface area contributed by atoms with E-state index in [-0.39, 0.29) is 35.0 Å². The zero-order valence-corrected chi connectivity index (χ0v) is 19.1. The summed E-state index contributed by atoms with van der Waals surface area (Å²) in [6.07, 6.45) is 6.46. The van der Waals surface area contributed by atoms with Crippen LogP contribution in [0.5, 0.6) is 17.2 Å². The van der Waals surface area contributed by atoms with E-state index in [4.69, 9.17) is 9.47 Å². The maximum Gasteiger partial charge on any atom is 0.342 e. The van der Waals surface area contributed by atoms with Gasteiger partial charge in [-0.15, -0.1) is 0 Å². The average Bonchev–Trinajstić information content (AvgIpc) is 2.77. The lowest BCUT2D eigenvalue weighted by Gasteiger charge is -2.27. The molecule has 4 rings (SSSR count). The molecule has 7 heteroatoms. The number of carbonyl (C=O) groups is 3. The van der Waals surface area contributed by atoms with E-state index in [1.54, 1.807) is 31.2 Å². The van der Waals surface area contributed by atoms with Crippen molar-refractivity contribution in [3.05, 3.63) is 58.7 Å². The molecule has 0 spiro atoms. The molecule has 2 aromatic rings. The van der Waals surface area contributed by atoms with Crippen molar-refractivity contribution < 1.29 is 34.1 Å². The summed E-state index contributed by atoms with van der Waals surface area (Å²) in [6.45, 7) is 1.76. The Bertz CT molecular complexity index is 1150. The molecule has 0 fully saturated rings. The van der Waals surface area contributed by atoms with E-state index in [2.05, 4.69) is 0 Å². The number of Topliss-reactive ketones (excluding diaryl/α,β-unsaturated/α-hetero) is 1. The Kier molecular flexibility index (Phi) is 7.01. The van der Waals surface area contributed by atoms with E-state index in [9.17, 15) is 24.6 Å². The lowest BCUT2D eigenvalue weighted by molar-refractivity contribution is -0.135. The lowest BCUT2D eigenvalue weighted by Crippen LogP contribution is -2.23. The summed E-state index contributed by atoms with van der Waals surface area (Å²) in [5, 5.41) is 21.3. The number of hydrogen-bond donors (Lipinski definition) is 2. The van der Waals surface area contributed by atoms with Crippen molar-refractivity contribution in [3.8, 4) is 17.2 Å². The molecule has 2 aliphatic rings. The van der Waals surface area contributed by atoms with Crippen LogP contribution in [0.4, 0.5) is 0 Å². The molecule has 0 radical (unpaired) electrons. The van der Waals surface area contributed by atoms with Gasteiger partial charge in [-0.1, -0.05) is 24.3 Å². The van der Waals surface area contributed by atoms with Crippen LogP contribution >= 0.6 is 0 Å². The van der Waals surface area contributed by atoms with Gasteiger partial charge in [-0.2, -0.15) is 0 Å². The molecular weight excluding hydrogens is 436 g/mol. The summed E-state index contributed by atoms with van der Waals surface area (Å²) >= 11 is 0. The Morgan fingerprint density at radius 1 is 1.03 bits per heavy atom. The Morgan fingerprint density at radius 3 is 2.62 bits per heavy atom. The number of ether oxygens (including phenoxy) is 2. The third-order valence-electron chi connectivity index (χ3n) is 6.25. The number of cyclic esters (lactones) is 1. The number of rotatable bonds is 1. The van der Waals surface area contributed by atoms with Gasteiger partial charge in [0.25, 0.3) is 0 Å². The summed E-state index contributed by atoms with van der Waals surface area (Å²) in [4.78, 5) is 37.6. The Labute approximate surface area is 198 Å². The highest BCUT2D eigenvalue weighted by molar-refractivity contribution is 5.98. The number of phenolic OH excluding ortho intramolecular Hbond substituents is 2. The van der Waals surface area contributed by atoms with Gasteiger partial charge in [0.15, 0.2) is 0 Å². The number of ketones is 1. The van der Waals surface area contributed by atoms with Crippen LogP contribution in [0, 0.1) is 0 Å². The highest BCUT2D eigenvalue weighted by Crippen LogP contribution is 2.47. The van der Waals surface area contributed by atoms with Crippen LogP contribution in [-0.4, -0.2) is 34.0 Å². The molecule has 0 unspecified atom stereocenters. The number of esters is 2. The third-order valence-corrected chi connectivity index (χ3v) is 6.25. The van der Waals surface area contributed by atoms with E-state index in [1.807, 2.05) is 6.08 Å². The van der Waals surface area contributed by atoms with Crippen LogP contribution in [0.3, 0.4) is 0 Å². The predicted octanol–water partition coefficient (Wildman–Crippen LogP) is 5.02. The van der Waals surface area contributed by atoms with Crippen LogP contribution < -0.4 is 4.74 Å². The van der Waals surface area contributed by atoms with Crippen molar-refractivity contribution in [1.82, 2.24) is 0 Å². The summed E-state index contributed by atoms with van der Waals surface area (Å²) in [5.41, 5.74) is 1.32. The molecule has 2 atom stereocenters. The fraction of sp³-hybridized carbons (Fsp3) is 0.370. The van der Waals surface area contributed by atoms with E-state index < -0.39 is 24.0 Å². The number of carbonyl (C=O) groups excluding carboxylic acids is 3. The average molecular weight is 465 g/mol. The van der Waals surface area contributed by atoms with Gasteiger partial charge in [-0.05, 0) is 61.9 Å². The largest absolute Gasteiger partial charge is 0.508 e. The van der Waals surface area contributed by atoms with Crippen LogP contribution in [0.1, 0.15) is 84.8 Å². The minimum Gasteiger partial charge on any atom is -0.508 e. The molecule has 7 nitrogen and oxygen atoms in total. The number of allylic oxidation sites excluding steroid dienone is 1. The first-order valence-electron chi connectivity index (χ1n) is 11.6. The Balaban J connectivity index is 1.82. The van der Waals surface area contributed by atoms with Crippen LogP contribution in [0.25, 0.3) is 6.08 Å². The smallest absolute Gasteiger partial charge is 0.342 e. The maximum atomic E-state index is 13.2. The monoisotopic (exact) mass is 464 g/mol. The number of benzene rings is 2. The third kappa shape index (κ3) is 5.14. The summed E-state index contributed by atoms with van der Waals surface area (Å²) in [5.74, 6) is -1.64. The van der Waals surface area contributed by atoms with Crippen molar-refractivity contribution in [2.75, 3.05) is 0 Å². The first-order chi connectivity index (χ1) is 16.3. The van der Waals surface area contributed by atoms with Gasteiger partial charge in [-0.25, -0.2) is 4.79 Å². The molecule has 0 amide bonds. The van der Waals surface area contributed by atoms with Crippen molar-refractivity contribution in [3.63, 3.8) is 0 Å². The molecule has 0 aliphatic carbocycles. The zero-order valence-electron chi connectivity index (χ0n) is 19.1. The van der Waals surface area contributed by atoms with Crippen molar-refractivity contribution in [1.29, 1.82) is 0 Å². The second-order valence-corrected chi connectivity index (χ2v) is 8.87. The van der Waals surface area contributed by atoms with Gasteiger partial charge in [0.1, 0.15) is 28.6 Å². The van der Waals surface area contributed by atoms with Gasteiger partial charge in [0.2, 0.25) is 0 Å². The van der Waals surface area contributed by atoms with Gasteiger partial charge in [-0.3, -0.25) is 9.59 Å². The molecule has 2 heterocycles. The molecular formula is C27H28O7. The molecule has 2 aromatic carbocycles. The highest BCUT2D eigenvalue weighted by Gasteiger charge is 2.35. The van der Waals surface area contributed by atoms with Gasteiger partial charge < -0.3 is 19.7 Å². The second-order valence-electron chi connectivity index (χ2n) is 8.87. The SMILES string of the molecule is C[C@@H]1CCCC(=O)CCC/C=C/c2cc3c(c(O)c2C(=O)O1)[C@@H](c1cccc(O)c1)CC(=O)O3. The maximum absolute atomic E-state index is 13.2. The second kappa shape index (κ2) is 10.1. The minimum absolute atomic E-state index is 0.0121. The standard InChI is InChI=1S/C27H28O7/c1-16-7-5-11-19(28)10-4-2-3-8-18-14-22-25(26(31)24(18)27(32)33-16)21(15-23(30)34-22)17-9-6-12-20(29)13-17/h3,6,8-9,12-14,16,21,29,31H,2,4-5,7,10-11,15H2,1H3/b8-3+/t16-,21-/m1/s1. The van der Waals surface area contributed by atoms with Crippen molar-refractivity contribution >= 4 is 23.8 Å². The molecule has 178 valence electrons. The van der Waals surface area contributed by atoms with E-state index in [1.165, 1.54) is 12.1 Å². The highest BCUT2D eigenvalue weighted by atomic mass is 16.5. The number of aromatic hydroxyl groups is 2. The fourth-order valence-electron chi connectivity index (χ4n) is 4.55. The molecule has 0 saturated heterocycles. The lowest BCUT2D eigenvalue weighted by atomic mass is 9.83. The van der Waals surface area contributed by atoms with E-state index in [0.29, 0.717) is 55.2 Å². The molecule has 2 N–H and O–H groups in total. The van der Waals surface area contributed by atoms with Crippen molar-refractivity contribution in [2.24, 2.45) is 0 Å². The minimum atomic E-state index is -0.678. The molecule has 0 aromatic heterocycles. The summed E-state index contributed by atoms with van der Waals surface area (Å²) in [7, 11) is 0. The van der Waals surface area contributed by atoms with Crippen molar-refractivity contribution in [2.45, 2.75) is 63.9 Å². The number of phenols is 2. The van der Waals surface area contributed by atoms with E-state index >= 15 is 0 Å². The molecule has 0 bridgehead atoms. The van der Waals surface area contributed by atoms with Crippen LogP contribution in [-0.2, 0) is 14.3 Å². The van der Waals surface area contributed by atoms with Gasteiger partial charge in [0.05, 0.1) is 12.5 Å². The first-order valence-corrected chi connectivity index (χ1v) is 11.6. The molecule has 0 saturated carbocycles. The first kappa shape index (κ1) is 23.5. The fourth-order valence-corrected chi connectivity index (χ4v) is 4.55.